The molecule has 0 bridgehead atoms. The quantitative estimate of drug-likeness (QED) is 0.868. The van der Waals surface area contributed by atoms with Crippen molar-refractivity contribution in [2.45, 2.75) is 46.3 Å². The summed E-state index contributed by atoms with van der Waals surface area (Å²) in [6, 6.07) is 6.22. The predicted molar refractivity (Wildman–Crippen MR) is 87.0 cm³/mol. The molecule has 1 amide bonds. The summed E-state index contributed by atoms with van der Waals surface area (Å²) in [5, 5.41) is 8.95. The number of aromatic carboxylic acids is 1. The number of carboxylic acids is 1. The van der Waals surface area contributed by atoms with Crippen LogP contribution in [0.1, 0.15) is 45.0 Å². The summed E-state index contributed by atoms with van der Waals surface area (Å²) in [5.41, 5.74) is -0.392. The van der Waals surface area contributed by atoms with Crippen LogP contribution in [0.3, 0.4) is 0 Å². The van der Waals surface area contributed by atoms with Crippen LogP contribution >= 0.6 is 0 Å². The van der Waals surface area contributed by atoms with Crippen LogP contribution in [0.2, 0.25) is 0 Å². The highest BCUT2D eigenvalue weighted by atomic mass is 16.6. The zero-order valence-corrected chi connectivity index (χ0v) is 14.3. The fourth-order valence-electron chi connectivity index (χ4n) is 1.86. The van der Waals surface area contributed by atoms with Crippen molar-refractivity contribution in [1.29, 1.82) is 0 Å². The number of nitrogens with zero attached hydrogens (tertiary/aromatic N) is 1. The molecule has 0 radical (unpaired) electrons. The van der Waals surface area contributed by atoms with Gasteiger partial charge in [0.1, 0.15) is 18.0 Å². The van der Waals surface area contributed by atoms with E-state index in [0.717, 1.165) is 0 Å². The number of rotatable bonds is 6. The Morgan fingerprint density at radius 1 is 1.26 bits per heavy atom. The summed E-state index contributed by atoms with van der Waals surface area (Å²) in [5.74, 6) is -0.550. The average molecular weight is 323 g/mol. The number of hydrogen-bond donors (Lipinski definition) is 1. The first-order valence-corrected chi connectivity index (χ1v) is 7.56. The van der Waals surface area contributed by atoms with Crippen LogP contribution in [-0.4, -0.2) is 46.9 Å². The Morgan fingerprint density at radius 3 is 2.43 bits per heavy atom. The molecular formula is C17H25NO5. The maximum absolute atomic E-state index is 12.2. The molecular weight excluding hydrogens is 298 g/mol. The SMILES string of the molecule is CC(C)N(CCOc1cccc(C(=O)O)c1)C(=O)OC(C)(C)C. The molecule has 0 aliphatic rings. The van der Waals surface area contributed by atoms with Crippen LogP contribution < -0.4 is 4.74 Å². The Balaban J connectivity index is 2.61. The molecule has 0 aliphatic heterocycles. The average Bonchev–Trinajstić information content (AvgIpc) is 2.41. The van der Waals surface area contributed by atoms with Crippen molar-refractivity contribution >= 4 is 12.1 Å². The van der Waals surface area contributed by atoms with Crippen molar-refractivity contribution < 1.29 is 24.2 Å². The second-order valence-corrected chi connectivity index (χ2v) is 6.45. The van der Waals surface area contributed by atoms with Gasteiger partial charge in [-0.05, 0) is 52.8 Å². The van der Waals surface area contributed by atoms with Gasteiger partial charge in [-0.3, -0.25) is 0 Å². The van der Waals surface area contributed by atoms with Crippen LogP contribution in [0.15, 0.2) is 24.3 Å². The lowest BCUT2D eigenvalue weighted by Crippen LogP contribution is -2.43. The molecule has 6 heteroatoms. The molecule has 0 fully saturated rings. The number of hydrogen-bond acceptors (Lipinski definition) is 4. The number of carbonyl (C=O) groups is 2. The molecule has 128 valence electrons. The minimum Gasteiger partial charge on any atom is -0.492 e. The van der Waals surface area contributed by atoms with E-state index in [-0.39, 0.29) is 18.2 Å². The highest BCUT2D eigenvalue weighted by molar-refractivity contribution is 5.88. The third kappa shape index (κ3) is 6.59. The van der Waals surface area contributed by atoms with E-state index < -0.39 is 17.7 Å². The molecule has 0 atom stereocenters. The van der Waals surface area contributed by atoms with Crippen LogP contribution in [0.5, 0.6) is 5.75 Å². The van der Waals surface area contributed by atoms with Crippen LogP contribution in [0.4, 0.5) is 4.79 Å². The van der Waals surface area contributed by atoms with Gasteiger partial charge in [0.2, 0.25) is 0 Å². The van der Waals surface area contributed by atoms with Crippen molar-refractivity contribution in [1.82, 2.24) is 4.90 Å². The molecule has 1 aromatic rings. The van der Waals surface area contributed by atoms with E-state index in [1.807, 2.05) is 34.6 Å². The summed E-state index contributed by atoms with van der Waals surface area (Å²) in [7, 11) is 0. The smallest absolute Gasteiger partial charge is 0.410 e. The molecule has 1 N–H and O–H groups in total. The lowest BCUT2D eigenvalue weighted by molar-refractivity contribution is 0.0164. The monoisotopic (exact) mass is 323 g/mol. The van der Waals surface area contributed by atoms with Crippen molar-refractivity contribution in [2.24, 2.45) is 0 Å². The van der Waals surface area contributed by atoms with Crippen LogP contribution in [0, 0.1) is 0 Å². The molecule has 1 rings (SSSR count). The van der Waals surface area contributed by atoms with E-state index in [9.17, 15) is 9.59 Å². The van der Waals surface area contributed by atoms with E-state index in [4.69, 9.17) is 14.6 Å². The normalized spacial score (nSPS) is 11.2. The molecule has 0 saturated heterocycles. The first-order chi connectivity index (χ1) is 10.6. The van der Waals surface area contributed by atoms with Gasteiger partial charge in [-0.2, -0.15) is 0 Å². The topological polar surface area (TPSA) is 76.1 Å². The minimum absolute atomic E-state index is 0.0289. The Kier molecular flexibility index (Phi) is 6.42. The summed E-state index contributed by atoms with van der Waals surface area (Å²) < 4.78 is 10.9. The number of carboxylic acid groups (broad SMARTS) is 1. The van der Waals surface area contributed by atoms with E-state index in [2.05, 4.69) is 0 Å². The molecule has 0 aliphatic carbocycles. The second-order valence-electron chi connectivity index (χ2n) is 6.45. The van der Waals surface area contributed by atoms with Crippen molar-refractivity contribution in [3.05, 3.63) is 29.8 Å². The molecule has 23 heavy (non-hydrogen) atoms. The summed E-state index contributed by atoms with van der Waals surface area (Å²) in [6.45, 7) is 9.85. The minimum atomic E-state index is -1.01. The van der Waals surface area contributed by atoms with Gasteiger partial charge in [0.05, 0.1) is 12.1 Å². The van der Waals surface area contributed by atoms with Crippen LogP contribution in [0.25, 0.3) is 0 Å². The van der Waals surface area contributed by atoms with E-state index >= 15 is 0 Å². The molecule has 0 heterocycles. The largest absolute Gasteiger partial charge is 0.492 e. The third-order valence-electron chi connectivity index (χ3n) is 2.93. The fraction of sp³-hybridized carbons (Fsp3) is 0.529. The van der Waals surface area contributed by atoms with E-state index in [0.29, 0.717) is 12.3 Å². The lowest BCUT2D eigenvalue weighted by atomic mass is 10.2. The first-order valence-electron chi connectivity index (χ1n) is 7.56. The van der Waals surface area contributed by atoms with Gasteiger partial charge >= 0.3 is 12.1 Å². The molecule has 0 spiro atoms. The lowest BCUT2D eigenvalue weighted by Gasteiger charge is -2.30. The molecule has 1 aromatic carbocycles. The Hall–Kier alpha value is -2.24. The number of amides is 1. The fourth-order valence-corrected chi connectivity index (χ4v) is 1.86. The van der Waals surface area contributed by atoms with Gasteiger partial charge in [0, 0.05) is 6.04 Å². The van der Waals surface area contributed by atoms with Crippen molar-refractivity contribution in [3.63, 3.8) is 0 Å². The standard InChI is InChI=1S/C17H25NO5/c1-12(2)18(16(21)23-17(3,4)5)9-10-22-14-8-6-7-13(11-14)15(19)20/h6-8,11-12H,9-10H2,1-5H3,(H,19,20). The Bertz CT molecular complexity index is 548. The van der Waals surface area contributed by atoms with Crippen molar-refractivity contribution in [3.8, 4) is 5.75 Å². The first kappa shape index (κ1) is 18.8. The molecule has 0 aromatic heterocycles. The third-order valence-corrected chi connectivity index (χ3v) is 2.93. The Morgan fingerprint density at radius 2 is 1.91 bits per heavy atom. The Labute approximate surface area is 137 Å². The van der Waals surface area contributed by atoms with E-state index in [1.165, 1.54) is 12.1 Å². The molecule has 6 nitrogen and oxygen atoms in total. The van der Waals surface area contributed by atoms with Gasteiger partial charge in [-0.1, -0.05) is 6.07 Å². The number of benzene rings is 1. The van der Waals surface area contributed by atoms with Gasteiger partial charge in [-0.15, -0.1) is 0 Å². The number of carbonyl (C=O) groups excluding carboxylic acids is 1. The summed E-state index contributed by atoms with van der Waals surface area (Å²) >= 11 is 0. The highest BCUT2D eigenvalue weighted by Gasteiger charge is 2.23. The maximum Gasteiger partial charge on any atom is 0.410 e. The predicted octanol–water partition coefficient (Wildman–Crippen LogP) is 3.41. The van der Waals surface area contributed by atoms with Gasteiger partial charge in [0.25, 0.3) is 0 Å². The van der Waals surface area contributed by atoms with Crippen molar-refractivity contribution in [2.75, 3.05) is 13.2 Å². The summed E-state index contributed by atoms with van der Waals surface area (Å²) in [4.78, 5) is 24.7. The highest BCUT2D eigenvalue weighted by Crippen LogP contribution is 2.15. The number of ether oxygens (including phenoxy) is 2. The summed E-state index contributed by atoms with van der Waals surface area (Å²) in [6.07, 6.45) is -0.393. The van der Waals surface area contributed by atoms with Gasteiger partial charge in [-0.25, -0.2) is 9.59 Å². The van der Waals surface area contributed by atoms with Gasteiger partial charge < -0.3 is 19.5 Å². The molecule has 0 unspecified atom stereocenters. The zero-order valence-electron chi connectivity index (χ0n) is 14.3. The van der Waals surface area contributed by atoms with Gasteiger partial charge in [0.15, 0.2) is 0 Å². The van der Waals surface area contributed by atoms with E-state index in [1.54, 1.807) is 17.0 Å². The van der Waals surface area contributed by atoms with Crippen LogP contribution in [-0.2, 0) is 4.74 Å². The zero-order chi connectivity index (χ0) is 17.6. The molecule has 0 saturated carbocycles. The second kappa shape index (κ2) is 7.85. The maximum atomic E-state index is 12.2.